The highest BCUT2D eigenvalue weighted by Gasteiger charge is 2.18. The third kappa shape index (κ3) is 5.31. The summed E-state index contributed by atoms with van der Waals surface area (Å²) in [5.41, 5.74) is 2.28. The number of benzene rings is 1. The Labute approximate surface area is 116 Å². The van der Waals surface area contributed by atoms with Crippen LogP contribution in [0.5, 0.6) is 0 Å². The summed E-state index contributed by atoms with van der Waals surface area (Å²) in [5.74, 6) is 0. The van der Waals surface area contributed by atoms with Crippen molar-refractivity contribution in [2.45, 2.75) is 51.7 Å². The normalized spacial score (nSPS) is 14.3. The third-order valence-electron chi connectivity index (χ3n) is 3.42. The minimum atomic E-state index is -0.487. The molecule has 108 valence electrons. The molecule has 0 aliphatic heterocycles. The molecule has 0 bridgehead atoms. The highest BCUT2D eigenvalue weighted by atomic mass is 16.3. The molecule has 1 rings (SSSR count). The van der Waals surface area contributed by atoms with Gasteiger partial charge in [0, 0.05) is 12.6 Å². The van der Waals surface area contributed by atoms with Crippen molar-refractivity contribution in [1.82, 2.24) is 5.32 Å². The van der Waals surface area contributed by atoms with E-state index in [4.69, 9.17) is 5.11 Å². The second-order valence-electron chi connectivity index (χ2n) is 4.98. The molecule has 1 aromatic rings. The van der Waals surface area contributed by atoms with Gasteiger partial charge in [-0.25, -0.2) is 0 Å². The van der Waals surface area contributed by atoms with Gasteiger partial charge in [0.2, 0.25) is 0 Å². The molecule has 3 N–H and O–H groups in total. The van der Waals surface area contributed by atoms with Crippen LogP contribution in [0.2, 0.25) is 0 Å². The second-order valence-corrected chi connectivity index (χ2v) is 4.98. The van der Waals surface area contributed by atoms with Gasteiger partial charge in [-0.3, -0.25) is 0 Å². The quantitative estimate of drug-likeness (QED) is 0.601. The van der Waals surface area contributed by atoms with Gasteiger partial charge in [0.15, 0.2) is 0 Å². The lowest BCUT2D eigenvalue weighted by molar-refractivity contribution is 0.124. The molecule has 0 heterocycles. The molecule has 19 heavy (non-hydrogen) atoms. The maximum absolute atomic E-state index is 10.4. The summed E-state index contributed by atoms with van der Waals surface area (Å²) < 4.78 is 0. The first-order chi connectivity index (χ1) is 9.22. The van der Waals surface area contributed by atoms with E-state index in [0.717, 1.165) is 37.8 Å². The number of aliphatic hydroxyl groups excluding tert-OH is 2. The molecule has 0 saturated heterocycles. The monoisotopic (exact) mass is 265 g/mol. The summed E-state index contributed by atoms with van der Waals surface area (Å²) in [6.45, 7) is 5.15. The highest BCUT2D eigenvalue weighted by molar-refractivity contribution is 5.25. The first-order valence-electron chi connectivity index (χ1n) is 7.34. The Morgan fingerprint density at radius 1 is 1.16 bits per heavy atom. The van der Waals surface area contributed by atoms with E-state index < -0.39 is 6.10 Å². The SMILES string of the molecule is CCCc1ccc(C(O)C(CC)NCCCO)cc1. The Hall–Kier alpha value is -0.900. The predicted octanol–water partition coefficient (Wildman–Crippen LogP) is 2.42. The Bertz CT molecular complexity index is 337. The Kier molecular flexibility index (Phi) is 7.72. The van der Waals surface area contributed by atoms with Gasteiger partial charge in [-0.2, -0.15) is 0 Å². The zero-order chi connectivity index (χ0) is 14.1. The second kappa shape index (κ2) is 9.08. The van der Waals surface area contributed by atoms with E-state index in [2.05, 4.69) is 31.3 Å². The van der Waals surface area contributed by atoms with E-state index in [1.54, 1.807) is 0 Å². The standard InChI is InChI=1S/C16H27NO2/c1-3-6-13-7-9-14(10-8-13)16(19)15(4-2)17-11-5-12-18/h7-10,15-19H,3-6,11-12H2,1-2H3. The molecule has 3 heteroatoms. The smallest absolute Gasteiger partial charge is 0.0942 e. The Morgan fingerprint density at radius 2 is 1.84 bits per heavy atom. The summed E-state index contributed by atoms with van der Waals surface area (Å²) in [5, 5.41) is 22.5. The number of aryl methyl sites for hydroxylation is 1. The maximum atomic E-state index is 10.4. The molecule has 0 fully saturated rings. The van der Waals surface area contributed by atoms with Gasteiger partial charge in [0.05, 0.1) is 6.10 Å². The van der Waals surface area contributed by atoms with Crippen LogP contribution in [0, 0.1) is 0 Å². The van der Waals surface area contributed by atoms with Crippen molar-refractivity contribution in [3.05, 3.63) is 35.4 Å². The van der Waals surface area contributed by atoms with E-state index in [-0.39, 0.29) is 12.6 Å². The Balaban J connectivity index is 2.60. The van der Waals surface area contributed by atoms with E-state index in [9.17, 15) is 5.11 Å². The number of aliphatic hydroxyl groups is 2. The van der Waals surface area contributed by atoms with E-state index in [1.165, 1.54) is 5.56 Å². The van der Waals surface area contributed by atoms with Crippen molar-refractivity contribution in [1.29, 1.82) is 0 Å². The highest BCUT2D eigenvalue weighted by Crippen LogP contribution is 2.20. The molecule has 0 aromatic heterocycles. The van der Waals surface area contributed by atoms with Gasteiger partial charge in [-0.15, -0.1) is 0 Å². The van der Waals surface area contributed by atoms with Crippen LogP contribution in [0.25, 0.3) is 0 Å². The summed E-state index contributed by atoms with van der Waals surface area (Å²) >= 11 is 0. The van der Waals surface area contributed by atoms with Crippen molar-refractivity contribution in [2.75, 3.05) is 13.2 Å². The lowest BCUT2D eigenvalue weighted by Crippen LogP contribution is -2.35. The molecule has 0 spiro atoms. The summed E-state index contributed by atoms with van der Waals surface area (Å²) in [4.78, 5) is 0. The first kappa shape index (κ1) is 16.2. The van der Waals surface area contributed by atoms with Gasteiger partial charge >= 0.3 is 0 Å². The van der Waals surface area contributed by atoms with Gasteiger partial charge in [-0.05, 0) is 36.9 Å². The van der Waals surface area contributed by atoms with Crippen LogP contribution in [-0.2, 0) is 6.42 Å². The molecule has 0 aliphatic carbocycles. The van der Waals surface area contributed by atoms with Crippen LogP contribution in [0.3, 0.4) is 0 Å². The number of hydrogen-bond acceptors (Lipinski definition) is 3. The van der Waals surface area contributed by atoms with Crippen LogP contribution in [0.4, 0.5) is 0 Å². The molecule has 2 unspecified atom stereocenters. The predicted molar refractivity (Wildman–Crippen MR) is 79.2 cm³/mol. The van der Waals surface area contributed by atoms with E-state index >= 15 is 0 Å². The van der Waals surface area contributed by atoms with Crippen LogP contribution < -0.4 is 5.32 Å². The largest absolute Gasteiger partial charge is 0.396 e. The first-order valence-corrected chi connectivity index (χ1v) is 7.34. The number of nitrogens with one attached hydrogen (secondary N) is 1. The van der Waals surface area contributed by atoms with Crippen molar-refractivity contribution >= 4 is 0 Å². The zero-order valence-electron chi connectivity index (χ0n) is 12.1. The van der Waals surface area contributed by atoms with Gasteiger partial charge in [0.1, 0.15) is 0 Å². The summed E-state index contributed by atoms with van der Waals surface area (Å²) in [6, 6.07) is 8.28. The van der Waals surface area contributed by atoms with Crippen LogP contribution in [-0.4, -0.2) is 29.4 Å². The molecular weight excluding hydrogens is 238 g/mol. The molecule has 0 radical (unpaired) electrons. The minimum Gasteiger partial charge on any atom is -0.396 e. The molecule has 2 atom stereocenters. The molecule has 3 nitrogen and oxygen atoms in total. The average Bonchev–Trinajstić information content (AvgIpc) is 2.44. The molecule has 0 saturated carbocycles. The van der Waals surface area contributed by atoms with Gasteiger partial charge in [-0.1, -0.05) is 44.5 Å². The van der Waals surface area contributed by atoms with E-state index in [1.807, 2.05) is 12.1 Å². The van der Waals surface area contributed by atoms with Crippen molar-refractivity contribution < 1.29 is 10.2 Å². The number of hydrogen-bond donors (Lipinski definition) is 3. The van der Waals surface area contributed by atoms with Crippen LogP contribution in [0.1, 0.15) is 50.3 Å². The molecule has 0 amide bonds. The van der Waals surface area contributed by atoms with Crippen LogP contribution >= 0.6 is 0 Å². The fourth-order valence-corrected chi connectivity index (χ4v) is 2.25. The topological polar surface area (TPSA) is 52.5 Å². The van der Waals surface area contributed by atoms with E-state index in [0.29, 0.717) is 0 Å². The van der Waals surface area contributed by atoms with Gasteiger partial charge < -0.3 is 15.5 Å². The molecule has 0 aliphatic rings. The lowest BCUT2D eigenvalue weighted by Gasteiger charge is -2.23. The minimum absolute atomic E-state index is 0.0450. The zero-order valence-corrected chi connectivity index (χ0v) is 12.1. The number of rotatable bonds is 9. The summed E-state index contributed by atoms with van der Waals surface area (Å²) in [7, 11) is 0. The Morgan fingerprint density at radius 3 is 2.37 bits per heavy atom. The van der Waals surface area contributed by atoms with Crippen molar-refractivity contribution in [2.24, 2.45) is 0 Å². The maximum Gasteiger partial charge on any atom is 0.0942 e. The average molecular weight is 265 g/mol. The van der Waals surface area contributed by atoms with Crippen molar-refractivity contribution in [3.8, 4) is 0 Å². The van der Waals surface area contributed by atoms with Gasteiger partial charge in [0.25, 0.3) is 0 Å². The molecule has 1 aromatic carbocycles. The van der Waals surface area contributed by atoms with Crippen LogP contribution in [0.15, 0.2) is 24.3 Å². The molecular formula is C16H27NO2. The van der Waals surface area contributed by atoms with Crippen molar-refractivity contribution in [3.63, 3.8) is 0 Å². The lowest BCUT2D eigenvalue weighted by atomic mass is 9.98. The fourth-order valence-electron chi connectivity index (χ4n) is 2.25. The third-order valence-corrected chi connectivity index (χ3v) is 3.42. The summed E-state index contributed by atoms with van der Waals surface area (Å²) in [6.07, 6.45) is 3.33. The fraction of sp³-hybridized carbons (Fsp3) is 0.625.